The number of nitrogens with one attached hydrogen (secondary N) is 2. The van der Waals surface area contributed by atoms with Gasteiger partial charge in [0.25, 0.3) is 0 Å². The molecule has 21 heavy (non-hydrogen) atoms. The van der Waals surface area contributed by atoms with Gasteiger partial charge in [-0.15, -0.1) is 0 Å². The van der Waals surface area contributed by atoms with E-state index in [4.69, 9.17) is 5.11 Å². The SMILES string of the molecule is CC(C)(C)CNC(=O)C[C@@H](NC(=O)CC(C)(C)C)C(=O)O. The molecule has 0 heterocycles. The number of hydrogen-bond acceptors (Lipinski definition) is 3. The zero-order valence-electron chi connectivity index (χ0n) is 13.9. The van der Waals surface area contributed by atoms with Gasteiger partial charge in [0.05, 0.1) is 6.42 Å². The molecule has 0 aromatic carbocycles. The van der Waals surface area contributed by atoms with Gasteiger partial charge in [0.2, 0.25) is 11.8 Å². The van der Waals surface area contributed by atoms with Crippen LogP contribution in [-0.2, 0) is 14.4 Å². The van der Waals surface area contributed by atoms with E-state index in [1.807, 2.05) is 41.5 Å². The molecule has 6 nitrogen and oxygen atoms in total. The van der Waals surface area contributed by atoms with Crippen LogP contribution in [0.4, 0.5) is 0 Å². The Morgan fingerprint density at radius 2 is 1.48 bits per heavy atom. The van der Waals surface area contributed by atoms with Crippen LogP contribution in [0, 0.1) is 10.8 Å². The lowest BCUT2D eigenvalue weighted by atomic mass is 9.92. The summed E-state index contributed by atoms with van der Waals surface area (Å²) in [5, 5.41) is 14.2. The second-order valence-electron chi connectivity index (χ2n) is 7.74. The van der Waals surface area contributed by atoms with Crippen LogP contribution < -0.4 is 10.6 Å². The van der Waals surface area contributed by atoms with Crippen molar-refractivity contribution in [3.63, 3.8) is 0 Å². The van der Waals surface area contributed by atoms with Crippen LogP contribution in [0.25, 0.3) is 0 Å². The van der Waals surface area contributed by atoms with E-state index in [-0.39, 0.29) is 35.5 Å². The van der Waals surface area contributed by atoms with Crippen molar-refractivity contribution >= 4 is 17.8 Å². The smallest absolute Gasteiger partial charge is 0.326 e. The third-order valence-corrected chi connectivity index (χ3v) is 2.53. The molecule has 0 aromatic heterocycles. The lowest BCUT2D eigenvalue weighted by Crippen LogP contribution is -2.45. The molecule has 0 saturated carbocycles. The van der Waals surface area contributed by atoms with Crippen molar-refractivity contribution in [2.75, 3.05) is 6.54 Å². The Morgan fingerprint density at radius 3 is 1.86 bits per heavy atom. The second kappa shape index (κ2) is 7.43. The molecule has 6 heteroatoms. The van der Waals surface area contributed by atoms with Crippen LogP contribution in [0.1, 0.15) is 54.4 Å². The molecule has 1 atom stereocenters. The van der Waals surface area contributed by atoms with Crippen molar-refractivity contribution in [2.24, 2.45) is 10.8 Å². The van der Waals surface area contributed by atoms with Crippen LogP contribution in [0.15, 0.2) is 0 Å². The molecule has 0 aromatic rings. The predicted octanol–water partition coefficient (Wildman–Crippen LogP) is 1.54. The summed E-state index contributed by atoms with van der Waals surface area (Å²) in [5.74, 6) is -1.95. The Bertz CT molecular complexity index is 391. The van der Waals surface area contributed by atoms with Gasteiger partial charge in [0.1, 0.15) is 6.04 Å². The maximum atomic E-state index is 11.8. The average Bonchev–Trinajstić information content (AvgIpc) is 2.21. The van der Waals surface area contributed by atoms with Crippen LogP contribution in [0.5, 0.6) is 0 Å². The summed E-state index contributed by atoms with van der Waals surface area (Å²) in [7, 11) is 0. The van der Waals surface area contributed by atoms with E-state index in [1.165, 1.54) is 0 Å². The molecule has 0 fully saturated rings. The lowest BCUT2D eigenvalue weighted by Gasteiger charge is -2.21. The highest BCUT2D eigenvalue weighted by Crippen LogP contribution is 2.18. The Labute approximate surface area is 126 Å². The van der Waals surface area contributed by atoms with Crippen LogP contribution >= 0.6 is 0 Å². The molecule has 0 unspecified atom stereocenters. The summed E-state index contributed by atoms with van der Waals surface area (Å²) < 4.78 is 0. The molecule has 0 radical (unpaired) electrons. The number of hydrogen-bond donors (Lipinski definition) is 3. The first kappa shape index (κ1) is 19.4. The van der Waals surface area contributed by atoms with E-state index >= 15 is 0 Å². The van der Waals surface area contributed by atoms with Crippen molar-refractivity contribution < 1.29 is 19.5 Å². The monoisotopic (exact) mass is 300 g/mol. The average molecular weight is 300 g/mol. The molecule has 0 aliphatic carbocycles. The first-order chi connectivity index (χ1) is 9.30. The molecule has 0 spiro atoms. The minimum Gasteiger partial charge on any atom is -0.480 e. The highest BCUT2D eigenvalue weighted by molar-refractivity contribution is 5.88. The van der Waals surface area contributed by atoms with Gasteiger partial charge in [0, 0.05) is 13.0 Å². The first-order valence-corrected chi connectivity index (χ1v) is 7.09. The summed E-state index contributed by atoms with van der Waals surface area (Å²) in [6.45, 7) is 12.0. The zero-order valence-corrected chi connectivity index (χ0v) is 13.9. The minimum absolute atomic E-state index is 0.0795. The third-order valence-electron chi connectivity index (χ3n) is 2.53. The molecule has 0 rings (SSSR count). The molecule has 0 aliphatic heterocycles. The van der Waals surface area contributed by atoms with Crippen molar-refractivity contribution in [2.45, 2.75) is 60.4 Å². The van der Waals surface area contributed by atoms with Crippen molar-refractivity contribution in [3.8, 4) is 0 Å². The second-order valence-corrected chi connectivity index (χ2v) is 7.74. The Morgan fingerprint density at radius 1 is 0.952 bits per heavy atom. The first-order valence-electron chi connectivity index (χ1n) is 7.09. The van der Waals surface area contributed by atoms with E-state index in [0.29, 0.717) is 6.54 Å². The number of carbonyl (C=O) groups is 3. The zero-order chi connectivity index (χ0) is 16.8. The number of amides is 2. The molecule has 0 bridgehead atoms. The van der Waals surface area contributed by atoms with E-state index in [0.717, 1.165) is 0 Å². The quantitative estimate of drug-likeness (QED) is 0.693. The van der Waals surface area contributed by atoms with Crippen molar-refractivity contribution in [1.82, 2.24) is 10.6 Å². The molecule has 122 valence electrons. The van der Waals surface area contributed by atoms with E-state index in [2.05, 4.69) is 10.6 Å². The predicted molar refractivity (Wildman–Crippen MR) is 80.7 cm³/mol. The maximum absolute atomic E-state index is 11.8. The van der Waals surface area contributed by atoms with Crippen LogP contribution in [-0.4, -0.2) is 35.5 Å². The summed E-state index contributed by atoms with van der Waals surface area (Å²) in [4.78, 5) is 34.7. The third kappa shape index (κ3) is 10.8. The highest BCUT2D eigenvalue weighted by Gasteiger charge is 2.25. The number of carboxylic acids is 1. The molecule has 2 amide bonds. The summed E-state index contributed by atoms with van der Waals surface area (Å²) in [6, 6.07) is -1.19. The van der Waals surface area contributed by atoms with Gasteiger partial charge in [-0.25, -0.2) is 4.79 Å². The largest absolute Gasteiger partial charge is 0.480 e. The van der Waals surface area contributed by atoms with E-state index < -0.39 is 12.0 Å². The highest BCUT2D eigenvalue weighted by atomic mass is 16.4. The summed E-state index contributed by atoms with van der Waals surface area (Å²) in [6.07, 6.45) is -0.0539. The van der Waals surface area contributed by atoms with E-state index in [1.54, 1.807) is 0 Å². The molecule has 3 N–H and O–H groups in total. The lowest BCUT2D eigenvalue weighted by molar-refractivity contribution is -0.143. The Balaban J connectivity index is 4.47. The number of aliphatic carboxylic acids is 1. The molecule has 0 aliphatic rings. The molecular formula is C15H28N2O4. The van der Waals surface area contributed by atoms with Gasteiger partial charge < -0.3 is 15.7 Å². The van der Waals surface area contributed by atoms with Gasteiger partial charge >= 0.3 is 5.97 Å². The minimum atomic E-state index is -1.21. The normalized spacial score (nSPS) is 13.4. The fourth-order valence-corrected chi connectivity index (χ4v) is 1.55. The van der Waals surface area contributed by atoms with Gasteiger partial charge in [-0.3, -0.25) is 9.59 Å². The van der Waals surface area contributed by atoms with Crippen LogP contribution in [0.2, 0.25) is 0 Å². The van der Waals surface area contributed by atoms with Gasteiger partial charge in [-0.1, -0.05) is 41.5 Å². The van der Waals surface area contributed by atoms with Crippen molar-refractivity contribution in [1.29, 1.82) is 0 Å². The fraction of sp³-hybridized carbons (Fsp3) is 0.800. The number of carbonyl (C=O) groups excluding carboxylic acids is 2. The summed E-state index contributed by atoms with van der Waals surface area (Å²) in [5.41, 5.74) is -0.314. The molecular weight excluding hydrogens is 272 g/mol. The standard InChI is InChI=1S/C15H28N2O4/c1-14(2,3)8-12(19)17-10(13(20)21)7-11(18)16-9-15(4,5)6/h10H,7-9H2,1-6H3,(H,16,18)(H,17,19)(H,20,21)/t10-/m1/s1. The molecule has 0 saturated heterocycles. The van der Waals surface area contributed by atoms with Crippen LogP contribution in [0.3, 0.4) is 0 Å². The van der Waals surface area contributed by atoms with Gasteiger partial charge in [-0.05, 0) is 10.8 Å². The maximum Gasteiger partial charge on any atom is 0.326 e. The number of rotatable bonds is 6. The summed E-state index contributed by atoms with van der Waals surface area (Å²) >= 11 is 0. The Kier molecular flexibility index (Phi) is 6.86. The van der Waals surface area contributed by atoms with Crippen molar-refractivity contribution in [3.05, 3.63) is 0 Å². The topological polar surface area (TPSA) is 95.5 Å². The Hall–Kier alpha value is -1.59. The fourth-order valence-electron chi connectivity index (χ4n) is 1.55. The van der Waals surface area contributed by atoms with E-state index in [9.17, 15) is 14.4 Å². The number of carboxylic acid groups (broad SMARTS) is 1. The van der Waals surface area contributed by atoms with Gasteiger partial charge in [-0.2, -0.15) is 0 Å². The van der Waals surface area contributed by atoms with Gasteiger partial charge in [0.15, 0.2) is 0 Å².